The molecule has 0 nitrogen and oxygen atoms in total. The van der Waals surface area contributed by atoms with Gasteiger partial charge in [0.25, 0.3) is 0 Å². The molecule has 1 aromatic carbocycles. The zero-order valence-electron chi connectivity index (χ0n) is 11.2. The lowest BCUT2D eigenvalue weighted by Gasteiger charge is -2.26. The van der Waals surface area contributed by atoms with Crippen molar-refractivity contribution in [3.63, 3.8) is 0 Å². The van der Waals surface area contributed by atoms with Gasteiger partial charge in [-0.15, -0.1) is 0 Å². The van der Waals surface area contributed by atoms with Crippen LogP contribution in [0.3, 0.4) is 0 Å². The third kappa shape index (κ3) is 2.82. The van der Waals surface area contributed by atoms with Gasteiger partial charge in [0, 0.05) is 0 Å². The van der Waals surface area contributed by atoms with E-state index in [0.29, 0.717) is 0 Å². The van der Waals surface area contributed by atoms with Gasteiger partial charge in [0.1, 0.15) is 0 Å². The highest BCUT2D eigenvalue weighted by Gasteiger charge is 2.24. The third-order valence-electron chi connectivity index (χ3n) is 2.95. The highest BCUT2D eigenvalue weighted by Crippen LogP contribution is 2.09. The lowest BCUT2D eigenvalue weighted by molar-refractivity contribution is 1.50. The Kier molecular flexibility index (Phi) is 3.31. The molecule has 0 bridgehead atoms. The Hall–Kier alpha value is -0.346. The van der Waals surface area contributed by atoms with Crippen LogP contribution in [0.1, 0.15) is 5.56 Å². The van der Waals surface area contributed by atoms with Gasteiger partial charge in [-0.1, -0.05) is 73.4 Å². The molecule has 0 atom stereocenters. The van der Waals surface area contributed by atoms with E-state index in [-0.39, 0.29) is 0 Å². The SMILES string of the molecule is Cc1c([Si](C)(C)C)cccc1[Si](C)(C)C. The van der Waals surface area contributed by atoms with E-state index in [4.69, 9.17) is 0 Å². The van der Waals surface area contributed by atoms with Crippen molar-refractivity contribution >= 4 is 26.5 Å². The quantitative estimate of drug-likeness (QED) is 0.692. The summed E-state index contributed by atoms with van der Waals surface area (Å²) in [4.78, 5) is 0. The molecule has 0 aliphatic rings. The summed E-state index contributed by atoms with van der Waals surface area (Å²) in [5.41, 5.74) is 1.58. The van der Waals surface area contributed by atoms with Crippen LogP contribution in [-0.2, 0) is 0 Å². The fourth-order valence-corrected chi connectivity index (χ4v) is 6.10. The van der Waals surface area contributed by atoms with Gasteiger partial charge in [-0.2, -0.15) is 0 Å². The molecule has 0 amide bonds. The monoisotopic (exact) mass is 236 g/mol. The highest BCUT2D eigenvalue weighted by molar-refractivity contribution is 6.92. The van der Waals surface area contributed by atoms with Crippen LogP contribution in [0.2, 0.25) is 39.3 Å². The lowest BCUT2D eigenvalue weighted by Crippen LogP contribution is -2.48. The maximum Gasteiger partial charge on any atom is 0.0779 e. The lowest BCUT2D eigenvalue weighted by atomic mass is 10.2. The molecule has 0 aliphatic carbocycles. The summed E-state index contributed by atoms with van der Waals surface area (Å²) < 4.78 is 0. The zero-order chi connectivity index (χ0) is 11.9. The summed E-state index contributed by atoms with van der Waals surface area (Å²) in [6, 6.07) is 6.94. The predicted octanol–water partition coefficient (Wildman–Crippen LogP) is 3.09. The summed E-state index contributed by atoms with van der Waals surface area (Å²) in [6.07, 6.45) is 0. The first-order valence-corrected chi connectivity index (χ1v) is 12.7. The minimum atomic E-state index is -1.17. The topological polar surface area (TPSA) is 0 Å². The normalized spacial score (nSPS) is 13.0. The first kappa shape index (κ1) is 12.7. The van der Waals surface area contributed by atoms with Crippen molar-refractivity contribution in [3.8, 4) is 0 Å². The van der Waals surface area contributed by atoms with Crippen LogP contribution < -0.4 is 10.4 Å². The first-order chi connectivity index (χ1) is 6.64. The molecule has 0 spiro atoms. The molecule has 84 valence electrons. The number of rotatable bonds is 2. The molecule has 0 radical (unpaired) electrons. The average Bonchev–Trinajstić information content (AvgIpc) is 1.99. The maximum absolute atomic E-state index is 2.43. The largest absolute Gasteiger partial charge is 0.0779 e. The molecule has 0 saturated heterocycles. The van der Waals surface area contributed by atoms with Gasteiger partial charge in [-0.05, 0) is 6.92 Å². The molecular formula is C13H24Si2. The second-order valence-corrected chi connectivity index (χ2v) is 16.6. The summed E-state index contributed by atoms with van der Waals surface area (Å²) in [7, 11) is -2.33. The Morgan fingerprint density at radius 3 is 1.33 bits per heavy atom. The van der Waals surface area contributed by atoms with Crippen LogP contribution in [-0.4, -0.2) is 16.1 Å². The van der Waals surface area contributed by atoms with Gasteiger partial charge in [-0.25, -0.2) is 0 Å². The van der Waals surface area contributed by atoms with Crippen molar-refractivity contribution in [2.75, 3.05) is 0 Å². The molecule has 0 aromatic heterocycles. The molecule has 0 unspecified atom stereocenters. The molecule has 2 heteroatoms. The Morgan fingerprint density at radius 1 is 0.733 bits per heavy atom. The van der Waals surface area contributed by atoms with Crippen molar-refractivity contribution in [1.29, 1.82) is 0 Å². The molecular weight excluding hydrogens is 212 g/mol. The molecule has 0 N–H and O–H groups in total. The average molecular weight is 237 g/mol. The van der Waals surface area contributed by atoms with E-state index in [9.17, 15) is 0 Å². The van der Waals surface area contributed by atoms with Gasteiger partial charge < -0.3 is 0 Å². The van der Waals surface area contributed by atoms with E-state index in [2.05, 4.69) is 64.4 Å². The van der Waals surface area contributed by atoms with Crippen molar-refractivity contribution in [1.82, 2.24) is 0 Å². The van der Waals surface area contributed by atoms with Crippen LogP contribution in [0.15, 0.2) is 18.2 Å². The van der Waals surface area contributed by atoms with Crippen molar-refractivity contribution in [2.45, 2.75) is 46.2 Å². The molecule has 0 saturated carbocycles. The van der Waals surface area contributed by atoms with E-state index in [1.54, 1.807) is 15.9 Å². The Bertz CT molecular complexity index is 322. The number of benzene rings is 1. The minimum absolute atomic E-state index is 1.17. The van der Waals surface area contributed by atoms with E-state index in [1.165, 1.54) is 0 Å². The van der Waals surface area contributed by atoms with Crippen LogP contribution >= 0.6 is 0 Å². The maximum atomic E-state index is 2.43. The Morgan fingerprint density at radius 2 is 1.07 bits per heavy atom. The Labute approximate surface area is 96.7 Å². The molecule has 1 rings (SSSR count). The van der Waals surface area contributed by atoms with Crippen molar-refractivity contribution in [2.24, 2.45) is 0 Å². The van der Waals surface area contributed by atoms with Gasteiger partial charge in [0.2, 0.25) is 0 Å². The fraction of sp³-hybridized carbons (Fsp3) is 0.538. The van der Waals surface area contributed by atoms with Crippen LogP contribution in [0.4, 0.5) is 0 Å². The number of hydrogen-bond donors (Lipinski definition) is 0. The van der Waals surface area contributed by atoms with Crippen LogP contribution in [0.25, 0.3) is 0 Å². The smallest absolute Gasteiger partial charge is 0.0656 e. The zero-order valence-corrected chi connectivity index (χ0v) is 13.2. The minimum Gasteiger partial charge on any atom is -0.0656 e. The van der Waals surface area contributed by atoms with Crippen molar-refractivity contribution in [3.05, 3.63) is 23.8 Å². The third-order valence-corrected chi connectivity index (χ3v) is 7.27. The van der Waals surface area contributed by atoms with E-state index in [0.717, 1.165) is 0 Å². The van der Waals surface area contributed by atoms with Crippen LogP contribution in [0.5, 0.6) is 0 Å². The molecule has 0 fully saturated rings. The summed E-state index contributed by atoms with van der Waals surface area (Å²) in [5, 5.41) is 3.28. The number of hydrogen-bond acceptors (Lipinski definition) is 0. The second-order valence-electron chi connectivity index (χ2n) is 6.48. The fourth-order valence-electron chi connectivity index (χ4n) is 2.26. The van der Waals surface area contributed by atoms with E-state index in [1.807, 2.05) is 0 Å². The first-order valence-electron chi connectivity index (χ1n) is 5.74. The summed E-state index contributed by atoms with van der Waals surface area (Å²) in [5.74, 6) is 0. The predicted molar refractivity (Wildman–Crippen MR) is 77.1 cm³/mol. The molecule has 15 heavy (non-hydrogen) atoms. The van der Waals surface area contributed by atoms with Gasteiger partial charge in [0.15, 0.2) is 0 Å². The van der Waals surface area contributed by atoms with Gasteiger partial charge in [0.05, 0.1) is 16.1 Å². The molecule has 0 aliphatic heterocycles. The van der Waals surface area contributed by atoms with Crippen molar-refractivity contribution < 1.29 is 0 Å². The second kappa shape index (κ2) is 3.91. The molecule has 1 aromatic rings. The highest BCUT2D eigenvalue weighted by atomic mass is 28.3. The van der Waals surface area contributed by atoms with E-state index < -0.39 is 16.1 Å². The van der Waals surface area contributed by atoms with Gasteiger partial charge >= 0.3 is 0 Å². The standard InChI is InChI=1S/C13H24Si2/c1-11-12(14(2,3)4)9-8-10-13(11)15(5,6)7/h8-10H,1-7H3. The van der Waals surface area contributed by atoms with Gasteiger partial charge in [-0.3, -0.25) is 0 Å². The Balaban J connectivity index is 3.37. The summed E-state index contributed by atoms with van der Waals surface area (Å²) in [6.45, 7) is 16.9. The van der Waals surface area contributed by atoms with E-state index >= 15 is 0 Å². The van der Waals surface area contributed by atoms with Crippen LogP contribution in [0, 0.1) is 6.92 Å². The summed E-state index contributed by atoms with van der Waals surface area (Å²) >= 11 is 0. The molecule has 0 heterocycles.